The van der Waals surface area contributed by atoms with Crippen LogP contribution >= 0.6 is 0 Å². The van der Waals surface area contributed by atoms with Crippen LogP contribution in [0, 0.1) is 12.8 Å². The predicted octanol–water partition coefficient (Wildman–Crippen LogP) is 1.41. The van der Waals surface area contributed by atoms with E-state index in [4.69, 9.17) is 0 Å². The average Bonchev–Trinajstić information content (AvgIpc) is 3.18. The summed E-state index contributed by atoms with van der Waals surface area (Å²) in [6, 6.07) is 1.84. The van der Waals surface area contributed by atoms with Gasteiger partial charge < -0.3 is 9.80 Å². The van der Waals surface area contributed by atoms with Crippen LogP contribution in [-0.4, -0.2) is 56.1 Å². The summed E-state index contributed by atoms with van der Waals surface area (Å²) in [5.41, 5.74) is 2.02. The Morgan fingerprint density at radius 2 is 2.17 bits per heavy atom. The SMILES string of the molecule is CCn1ncc2cc(C(=O)N3CC(=O)N(CC4CC4)C3)c(C)nc21. The van der Waals surface area contributed by atoms with Crippen LogP contribution in [0.15, 0.2) is 12.3 Å². The number of hydrogen-bond donors (Lipinski definition) is 0. The molecule has 0 unspecified atom stereocenters. The van der Waals surface area contributed by atoms with Gasteiger partial charge in [-0.15, -0.1) is 0 Å². The molecule has 2 aromatic heterocycles. The van der Waals surface area contributed by atoms with Gasteiger partial charge in [0.05, 0.1) is 24.1 Å². The molecule has 0 radical (unpaired) electrons. The van der Waals surface area contributed by atoms with E-state index in [9.17, 15) is 9.59 Å². The number of hydrogen-bond acceptors (Lipinski definition) is 4. The number of fused-ring (bicyclic) bond motifs is 1. The molecule has 24 heavy (non-hydrogen) atoms. The average molecular weight is 327 g/mol. The molecule has 126 valence electrons. The number of nitrogens with zero attached hydrogens (tertiary/aromatic N) is 5. The summed E-state index contributed by atoms with van der Waals surface area (Å²) in [7, 11) is 0. The fraction of sp³-hybridized carbons (Fsp3) is 0.529. The van der Waals surface area contributed by atoms with Crippen LogP contribution in [0.5, 0.6) is 0 Å². The minimum Gasteiger partial charge on any atom is -0.323 e. The van der Waals surface area contributed by atoms with Gasteiger partial charge in [0, 0.05) is 18.5 Å². The molecule has 1 aliphatic carbocycles. The molecule has 0 bridgehead atoms. The van der Waals surface area contributed by atoms with Gasteiger partial charge >= 0.3 is 0 Å². The zero-order valence-electron chi connectivity index (χ0n) is 14.0. The summed E-state index contributed by atoms with van der Waals surface area (Å²) in [5, 5.41) is 5.14. The van der Waals surface area contributed by atoms with Gasteiger partial charge in [-0.3, -0.25) is 9.59 Å². The van der Waals surface area contributed by atoms with Crippen LogP contribution in [0.25, 0.3) is 11.0 Å². The molecule has 0 atom stereocenters. The molecule has 7 nitrogen and oxygen atoms in total. The molecule has 0 N–H and O–H groups in total. The number of aryl methyl sites for hydroxylation is 2. The largest absolute Gasteiger partial charge is 0.323 e. The number of carbonyl (C=O) groups is 2. The third kappa shape index (κ3) is 2.53. The molecule has 2 fully saturated rings. The first-order valence-electron chi connectivity index (χ1n) is 8.47. The van der Waals surface area contributed by atoms with Crippen molar-refractivity contribution in [3.63, 3.8) is 0 Å². The molecule has 1 saturated heterocycles. The number of amides is 2. The Morgan fingerprint density at radius 3 is 2.88 bits per heavy atom. The molecular weight excluding hydrogens is 306 g/mol. The highest BCUT2D eigenvalue weighted by Crippen LogP contribution is 2.30. The van der Waals surface area contributed by atoms with Gasteiger partial charge in [0.25, 0.3) is 5.91 Å². The van der Waals surface area contributed by atoms with Gasteiger partial charge in [-0.2, -0.15) is 5.10 Å². The van der Waals surface area contributed by atoms with Crippen LogP contribution in [-0.2, 0) is 11.3 Å². The Morgan fingerprint density at radius 1 is 1.38 bits per heavy atom. The van der Waals surface area contributed by atoms with Gasteiger partial charge in [0.1, 0.15) is 6.54 Å². The first kappa shape index (κ1) is 15.1. The van der Waals surface area contributed by atoms with Crippen molar-refractivity contribution in [1.29, 1.82) is 0 Å². The second-order valence-corrected chi connectivity index (χ2v) is 6.70. The quantitative estimate of drug-likeness (QED) is 0.851. The van der Waals surface area contributed by atoms with Crippen molar-refractivity contribution in [1.82, 2.24) is 24.6 Å². The molecule has 4 rings (SSSR count). The van der Waals surface area contributed by atoms with E-state index in [-0.39, 0.29) is 18.4 Å². The van der Waals surface area contributed by atoms with Gasteiger partial charge in [-0.25, -0.2) is 9.67 Å². The number of carbonyl (C=O) groups excluding carboxylic acids is 2. The summed E-state index contributed by atoms with van der Waals surface area (Å²) < 4.78 is 1.81. The smallest absolute Gasteiger partial charge is 0.257 e. The van der Waals surface area contributed by atoms with E-state index in [0.717, 1.165) is 24.1 Å². The van der Waals surface area contributed by atoms with Crippen molar-refractivity contribution >= 4 is 22.8 Å². The zero-order valence-corrected chi connectivity index (χ0v) is 14.0. The van der Waals surface area contributed by atoms with Crippen LogP contribution < -0.4 is 0 Å². The Balaban J connectivity index is 1.58. The Bertz CT molecular complexity index is 824. The van der Waals surface area contributed by atoms with Crippen LogP contribution in [0.4, 0.5) is 0 Å². The molecule has 1 aliphatic heterocycles. The minimum atomic E-state index is -0.127. The fourth-order valence-electron chi connectivity index (χ4n) is 3.22. The fourth-order valence-corrected chi connectivity index (χ4v) is 3.22. The molecule has 2 aliphatic rings. The topological polar surface area (TPSA) is 71.3 Å². The van der Waals surface area contributed by atoms with Crippen LogP contribution in [0.2, 0.25) is 0 Å². The van der Waals surface area contributed by atoms with Crippen molar-refractivity contribution in [2.75, 3.05) is 19.8 Å². The lowest BCUT2D eigenvalue weighted by molar-refractivity contribution is -0.126. The Kier molecular flexibility index (Phi) is 3.51. The van der Waals surface area contributed by atoms with E-state index in [2.05, 4.69) is 10.1 Å². The highest BCUT2D eigenvalue weighted by Gasteiger charge is 2.35. The van der Waals surface area contributed by atoms with Gasteiger partial charge in [0.15, 0.2) is 5.65 Å². The number of pyridine rings is 1. The third-order valence-corrected chi connectivity index (χ3v) is 4.82. The first-order valence-corrected chi connectivity index (χ1v) is 8.47. The van der Waals surface area contributed by atoms with Crippen molar-refractivity contribution in [3.05, 3.63) is 23.5 Å². The highest BCUT2D eigenvalue weighted by molar-refractivity contribution is 6.00. The molecular formula is C17H21N5O2. The summed E-state index contributed by atoms with van der Waals surface area (Å²) in [6.07, 6.45) is 4.12. The molecule has 0 aromatic carbocycles. The lowest BCUT2D eigenvalue weighted by atomic mass is 10.1. The lowest BCUT2D eigenvalue weighted by Gasteiger charge is -2.18. The molecule has 0 spiro atoms. The lowest BCUT2D eigenvalue weighted by Crippen LogP contribution is -2.32. The van der Waals surface area contributed by atoms with Gasteiger partial charge in [0.2, 0.25) is 5.91 Å². The van der Waals surface area contributed by atoms with E-state index in [1.807, 2.05) is 24.6 Å². The summed E-state index contributed by atoms with van der Waals surface area (Å²) in [6.45, 7) is 5.91. The van der Waals surface area contributed by atoms with E-state index in [0.29, 0.717) is 23.8 Å². The standard InChI is InChI=1S/C17H21N5O2/c1-3-22-16-13(7-18-22)6-14(11(2)19-16)17(24)21-9-15(23)20(10-21)8-12-4-5-12/h6-7,12H,3-5,8-10H2,1-2H3. The van der Waals surface area contributed by atoms with E-state index >= 15 is 0 Å². The molecule has 7 heteroatoms. The molecule has 2 aromatic rings. The minimum absolute atomic E-state index is 0.0424. The van der Waals surface area contributed by atoms with Gasteiger partial charge in [-0.05, 0) is 38.7 Å². The first-order chi connectivity index (χ1) is 11.6. The Labute approximate surface area is 140 Å². The van der Waals surface area contributed by atoms with E-state index in [1.165, 1.54) is 12.8 Å². The van der Waals surface area contributed by atoms with Gasteiger partial charge in [-0.1, -0.05) is 0 Å². The maximum Gasteiger partial charge on any atom is 0.257 e. The number of aromatic nitrogens is 3. The summed E-state index contributed by atoms with van der Waals surface area (Å²) in [4.78, 5) is 32.9. The Hall–Kier alpha value is -2.44. The maximum absolute atomic E-state index is 12.9. The van der Waals surface area contributed by atoms with Crippen LogP contribution in [0.1, 0.15) is 35.8 Å². The normalized spacial score (nSPS) is 18.0. The van der Waals surface area contributed by atoms with E-state index < -0.39 is 0 Å². The third-order valence-electron chi connectivity index (χ3n) is 4.82. The molecule has 2 amide bonds. The van der Waals surface area contributed by atoms with Crippen molar-refractivity contribution in [2.24, 2.45) is 5.92 Å². The maximum atomic E-state index is 12.9. The number of rotatable bonds is 4. The molecule has 1 saturated carbocycles. The zero-order chi connectivity index (χ0) is 16.8. The predicted molar refractivity (Wildman–Crippen MR) is 88.3 cm³/mol. The van der Waals surface area contributed by atoms with Crippen molar-refractivity contribution in [3.8, 4) is 0 Å². The van der Waals surface area contributed by atoms with Crippen LogP contribution in [0.3, 0.4) is 0 Å². The second-order valence-electron chi connectivity index (χ2n) is 6.70. The molecule has 3 heterocycles. The second kappa shape index (κ2) is 5.58. The monoisotopic (exact) mass is 327 g/mol. The highest BCUT2D eigenvalue weighted by atomic mass is 16.2. The van der Waals surface area contributed by atoms with E-state index in [1.54, 1.807) is 16.0 Å². The van der Waals surface area contributed by atoms with Crippen molar-refractivity contribution in [2.45, 2.75) is 33.2 Å². The summed E-state index contributed by atoms with van der Waals surface area (Å²) >= 11 is 0. The summed E-state index contributed by atoms with van der Waals surface area (Å²) in [5.74, 6) is 0.544. The van der Waals surface area contributed by atoms with Crippen molar-refractivity contribution < 1.29 is 9.59 Å².